The molecular weight excluding hydrogens is 1880 g/mol. The van der Waals surface area contributed by atoms with Crippen molar-refractivity contribution in [3.63, 3.8) is 0 Å². The van der Waals surface area contributed by atoms with E-state index in [1.807, 2.05) is 64.4 Å². The van der Waals surface area contributed by atoms with E-state index in [0.717, 1.165) is 68.5 Å². The monoisotopic (exact) mass is 2020 g/mol. The molecule has 0 bridgehead atoms. The maximum absolute atomic E-state index is 13.7. The topological polar surface area (TPSA) is 448 Å². The Morgan fingerprint density at radius 1 is 0.486 bits per heavy atom. The fraction of sp³-hybridized carbons (Fsp3) is 0.480. The molecule has 40 heteroatoms. The van der Waals surface area contributed by atoms with Crippen LogP contribution in [0.4, 0.5) is 0 Å². The van der Waals surface area contributed by atoms with Crippen molar-refractivity contribution in [1.29, 1.82) is 0 Å². The van der Waals surface area contributed by atoms with E-state index in [-0.39, 0.29) is 87.6 Å². The van der Waals surface area contributed by atoms with Gasteiger partial charge in [0.05, 0.1) is 59.6 Å². The molecule has 9 rings (SSSR count). The maximum atomic E-state index is 13.7. The number of esters is 8. The first kappa shape index (κ1) is 118. The molecule has 0 aliphatic carbocycles. The van der Waals surface area contributed by atoms with Crippen LogP contribution in [0.5, 0.6) is 51.7 Å². The van der Waals surface area contributed by atoms with Crippen LogP contribution in [0.25, 0.3) is 0 Å². The standard InChI is InChI=1S/C33H48NO9PSi.C28H36NO9P.C20H28O5Si.C13H20NO6P.C4H6O3/c1-9-29(35)41-25(4)42-44(37,43-26-13-11-10-12-14-26)19-17-34-21-23(2)15-16-27-31(38-5)24(3)28-22-40-33(36)30(28)32(27)39-18-20-45(6,7)8;1-6-24(30)36-20(4)37-39(33,38-21-10-8-7-9-11-21)15-14-29-16-18(2)12-13-22-26(31)25-23(17-35-28(25)32)19(3)27(22)34-5;1-13(11-21)7-8-15-18(23-3)14(2)16-12-25-20(22)17(16)19(15)24-9-10-26(4,5)6;1-3-18-13(15)11(2)19-21(17,10-9-14-16)20-12-7-5-4-6-8-12;1-3(5)7-4(2)6/h10-15,25,34H,9,16-22H2,1-8H3;7-12,20,29,31H,6,13-17H2,1-5H3;7,11H,8-10,12H2,1-6H3;4-8,11,14,16H,3,9-10H2,1-2H3;1-2H3/b23-15+;18-12+;13-7+;;/t25-,44?;20-,39?;;11-,21?;/m00.0./s1. The normalized spacial score (nSPS) is 14.6. The van der Waals surface area contributed by atoms with Crippen molar-refractivity contribution in [2.24, 2.45) is 0 Å². The summed E-state index contributed by atoms with van der Waals surface area (Å²) in [4.78, 5) is 103. The molecule has 0 radical (unpaired) electrons. The predicted octanol–water partition coefficient (Wildman–Crippen LogP) is 18.5. The van der Waals surface area contributed by atoms with E-state index in [9.17, 15) is 62.0 Å². The van der Waals surface area contributed by atoms with Gasteiger partial charge in [-0.25, -0.2) is 38.4 Å². The van der Waals surface area contributed by atoms with Gasteiger partial charge in [0.2, 0.25) is 12.6 Å². The molecule has 0 saturated carbocycles. The van der Waals surface area contributed by atoms with Crippen LogP contribution in [0.2, 0.25) is 51.4 Å². The Hall–Kier alpha value is -10.8. The number of hydroxylamine groups is 1. The number of aromatic hydroxyl groups is 1. The second-order valence-electron chi connectivity index (χ2n) is 34.4. The second kappa shape index (κ2) is 57.7. The first-order valence-corrected chi connectivity index (χ1v) is 57.9. The fourth-order valence-corrected chi connectivity index (χ4v) is 19.8. The lowest BCUT2D eigenvalue weighted by Gasteiger charge is -2.23. The summed E-state index contributed by atoms with van der Waals surface area (Å²) in [5, 5.41) is 25.9. The smallest absolute Gasteiger partial charge is 0.383 e. The minimum absolute atomic E-state index is 0.000341. The zero-order chi connectivity index (χ0) is 103. The number of aldehydes is 1. The average molecular weight is 2020 g/mol. The number of phenolic OH excluding ortho intramolecular Hbond substituents is 1. The third-order valence-corrected chi connectivity index (χ3v) is 29.7. The van der Waals surface area contributed by atoms with Crippen LogP contribution in [0.3, 0.4) is 0 Å². The van der Waals surface area contributed by atoms with E-state index in [1.54, 1.807) is 121 Å². The summed E-state index contributed by atoms with van der Waals surface area (Å²) in [6.45, 7) is 40.3. The zero-order valence-corrected chi connectivity index (χ0v) is 88.2. The lowest BCUT2D eigenvalue weighted by Crippen LogP contribution is -2.25. The van der Waals surface area contributed by atoms with Crippen LogP contribution in [0, 0.1) is 20.8 Å². The SMILES string of the molecule is CC(=O)OC(C)=O.CCC(=O)O[C@H](C)OP(=O)(CCNC/C(C)=C/Cc1c(O)c2c(c(C)c1OC)COC2=O)Oc1ccccc1.CCC(=O)O[C@H](C)OP(=O)(CCNC/C(C)=C/Cc1c(OC)c(C)c2c(c1OCC[Si](C)(C)C)C(=O)OC2)Oc1ccccc1.CCOC(=O)[C@H](C)OP(=O)(CCNO)Oc1ccccc1.COc1c(C)c2c(c(OCC[Si](C)(C)C)c1C/C=C(\C)C=O)C(=O)OC2. The van der Waals surface area contributed by atoms with Crippen LogP contribution in [0.15, 0.2) is 126 Å². The van der Waals surface area contributed by atoms with Crippen molar-refractivity contribution in [2.45, 2.75) is 219 Å². The number of nitrogens with one attached hydrogen (secondary N) is 3. The first-order chi connectivity index (χ1) is 65.2. The van der Waals surface area contributed by atoms with Crippen LogP contribution < -0.4 is 53.4 Å². The molecule has 3 unspecified atom stereocenters. The quantitative estimate of drug-likeness (QED) is 0.00202. The highest BCUT2D eigenvalue weighted by atomic mass is 31.2. The van der Waals surface area contributed by atoms with Crippen LogP contribution >= 0.6 is 22.8 Å². The van der Waals surface area contributed by atoms with E-state index < -0.39 is 93.4 Å². The number of rotatable bonds is 49. The molecular formula is C98H138N3O32P3Si2. The van der Waals surface area contributed by atoms with Gasteiger partial charge in [0.1, 0.15) is 94.5 Å². The maximum Gasteiger partial charge on any atom is 0.383 e. The van der Waals surface area contributed by atoms with Crippen molar-refractivity contribution in [3.05, 3.63) is 193 Å². The Kier molecular flexibility index (Phi) is 49.2. The molecule has 35 nitrogen and oxygen atoms in total. The molecule has 138 heavy (non-hydrogen) atoms. The summed E-state index contributed by atoms with van der Waals surface area (Å²) < 4.78 is 137. The third kappa shape index (κ3) is 38.8. The third-order valence-electron chi connectivity index (χ3n) is 20.6. The Morgan fingerprint density at radius 2 is 0.826 bits per heavy atom. The first-order valence-electron chi connectivity index (χ1n) is 45.3. The van der Waals surface area contributed by atoms with E-state index in [0.29, 0.717) is 132 Å². The van der Waals surface area contributed by atoms with Gasteiger partial charge >= 0.3 is 70.5 Å². The predicted molar refractivity (Wildman–Crippen MR) is 526 cm³/mol. The molecule has 5 N–H and O–H groups in total. The highest BCUT2D eigenvalue weighted by molar-refractivity contribution is 7.55. The summed E-state index contributed by atoms with van der Waals surface area (Å²) in [5.41, 5.74) is 12.6. The molecule has 760 valence electrons. The summed E-state index contributed by atoms with van der Waals surface area (Å²) >= 11 is 0. The summed E-state index contributed by atoms with van der Waals surface area (Å²) in [5.74, 6) is 0.0764. The van der Waals surface area contributed by atoms with Crippen molar-refractivity contribution in [3.8, 4) is 51.7 Å². The number of fused-ring (bicyclic) bond motifs is 3. The fourth-order valence-electron chi connectivity index (χ4n) is 13.5. The molecule has 6 atom stereocenters. The van der Waals surface area contributed by atoms with E-state index in [1.165, 1.54) is 41.7 Å². The summed E-state index contributed by atoms with van der Waals surface area (Å²) in [6.07, 6.45) is 5.13. The molecule has 3 heterocycles. The second-order valence-corrected chi connectivity index (χ2v) is 51.8. The number of cyclic esters (lactones) is 3. The Morgan fingerprint density at radius 3 is 1.16 bits per heavy atom. The molecule has 0 saturated heterocycles. The molecule has 3 aliphatic rings. The van der Waals surface area contributed by atoms with Crippen molar-refractivity contribution in [1.82, 2.24) is 16.1 Å². The summed E-state index contributed by atoms with van der Waals surface area (Å²) in [6, 6.07) is 27.8. The van der Waals surface area contributed by atoms with E-state index >= 15 is 0 Å². The van der Waals surface area contributed by atoms with Crippen LogP contribution in [0.1, 0.15) is 170 Å². The largest absolute Gasteiger partial charge is 0.507 e. The highest BCUT2D eigenvalue weighted by Crippen LogP contribution is 2.53. The number of hydrogen-bond acceptors (Lipinski definition) is 35. The minimum atomic E-state index is -3.68. The molecule has 0 fully saturated rings. The number of carbonyl (C=O) groups is 9. The van der Waals surface area contributed by atoms with Gasteiger partial charge in [-0.2, -0.15) is 0 Å². The van der Waals surface area contributed by atoms with Gasteiger partial charge in [-0.05, 0) is 159 Å². The van der Waals surface area contributed by atoms with Crippen molar-refractivity contribution < 1.29 is 151 Å². The lowest BCUT2D eigenvalue weighted by molar-refractivity contribution is -0.162. The van der Waals surface area contributed by atoms with E-state index in [4.69, 9.17) is 84.5 Å². The van der Waals surface area contributed by atoms with E-state index in [2.05, 4.69) is 60.7 Å². The van der Waals surface area contributed by atoms with Gasteiger partial charge in [0.25, 0.3) is 0 Å². The number of ether oxygens (including phenoxy) is 12. The van der Waals surface area contributed by atoms with Crippen LogP contribution in [-0.4, -0.2) is 192 Å². The number of phenols is 1. The van der Waals surface area contributed by atoms with Gasteiger partial charge in [-0.3, -0.25) is 37.5 Å². The van der Waals surface area contributed by atoms with Gasteiger partial charge in [-0.1, -0.05) is 137 Å². The van der Waals surface area contributed by atoms with Crippen molar-refractivity contribution >= 4 is 93.0 Å². The minimum Gasteiger partial charge on any atom is -0.507 e. The number of methoxy groups -OCH3 is 3. The highest BCUT2D eigenvalue weighted by Gasteiger charge is 2.39. The number of hydrogen-bond donors (Lipinski definition) is 5. The lowest BCUT2D eigenvalue weighted by atomic mass is 9.95. The molecule has 3 aliphatic heterocycles. The Labute approximate surface area is 811 Å². The molecule has 6 aromatic carbocycles. The van der Waals surface area contributed by atoms with Crippen molar-refractivity contribution in [2.75, 3.05) is 92.4 Å². The number of para-hydroxylation sites is 3. The molecule has 6 aromatic rings. The van der Waals surface area contributed by atoms with Gasteiger partial charge < -0.3 is 91.4 Å². The number of carbonyl (C=O) groups excluding carboxylic acids is 9. The van der Waals surface area contributed by atoms with Gasteiger partial charge in [0, 0.05) is 109 Å². The Balaban J connectivity index is 0.000000328. The number of benzene rings is 6. The Bertz CT molecular complexity index is 5340. The summed E-state index contributed by atoms with van der Waals surface area (Å²) in [7, 11) is -8.85. The molecule has 0 amide bonds. The van der Waals surface area contributed by atoms with Crippen LogP contribution in [-0.2, 0) is 128 Å². The van der Waals surface area contributed by atoms with Gasteiger partial charge in [0.15, 0.2) is 6.10 Å². The van der Waals surface area contributed by atoms with Gasteiger partial charge in [-0.15, -0.1) is 0 Å². The zero-order valence-electron chi connectivity index (χ0n) is 83.5. The molecule has 0 aromatic heterocycles. The number of allylic oxidation sites excluding steroid dienone is 4. The molecule has 0 spiro atoms. The average Bonchev–Trinajstić information content (AvgIpc) is 1.39.